The Morgan fingerprint density at radius 2 is 2.00 bits per heavy atom. The predicted molar refractivity (Wildman–Crippen MR) is 119 cm³/mol. The number of likely N-dealkylation sites (N-methyl/N-ethyl adjacent to an activating group) is 1. The molecular formula is C24H27FN4O3. The first-order valence-corrected chi connectivity index (χ1v) is 10.7. The third-order valence-corrected chi connectivity index (χ3v) is 5.26. The first kappa shape index (κ1) is 21.8. The van der Waals surface area contributed by atoms with Crippen LogP contribution in [0.15, 0.2) is 54.6 Å². The number of carbonyl (C=O) groups is 1. The van der Waals surface area contributed by atoms with Gasteiger partial charge in [0, 0.05) is 11.3 Å². The van der Waals surface area contributed by atoms with Crippen molar-refractivity contribution in [3.05, 3.63) is 66.1 Å². The highest BCUT2D eigenvalue weighted by molar-refractivity contribution is 5.78. The van der Waals surface area contributed by atoms with E-state index in [1.807, 2.05) is 42.3 Å². The number of nitrogens with zero attached hydrogens (tertiary/aromatic N) is 2. The molecule has 0 radical (unpaired) electrons. The van der Waals surface area contributed by atoms with Crippen LogP contribution in [0, 0.1) is 5.82 Å². The average molecular weight is 439 g/mol. The molecule has 7 nitrogen and oxygen atoms in total. The van der Waals surface area contributed by atoms with Crippen LogP contribution in [0.4, 0.5) is 4.39 Å². The fourth-order valence-electron chi connectivity index (χ4n) is 3.57. The Labute approximate surface area is 186 Å². The first-order chi connectivity index (χ1) is 15.6. The lowest BCUT2D eigenvalue weighted by Crippen LogP contribution is -2.43. The lowest BCUT2D eigenvalue weighted by Gasteiger charge is -2.26. The Kier molecular flexibility index (Phi) is 7.01. The molecule has 8 heteroatoms. The number of aromatic amines is 1. The van der Waals surface area contributed by atoms with Crippen LogP contribution < -0.4 is 14.8 Å². The molecule has 1 unspecified atom stereocenters. The summed E-state index contributed by atoms with van der Waals surface area (Å²) in [5.41, 5.74) is 2.68. The third-order valence-electron chi connectivity index (χ3n) is 5.26. The topological polar surface area (TPSA) is 79.5 Å². The van der Waals surface area contributed by atoms with Crippen LogP contribution in [-0.4, -0.2) is 60.4 Å². The van der Waals surface area contributed by atoms with Crippen LogP contribution >= 0.6 is 0 Å². The van der Waals surface area contributed by atoms with E-state index >= 15 is 0 Å². The number of hydrogen-bond donors (Lipinski definition) is 2. The highest BCUT2D eigenvalue weighted by atomic mass is 19.1. The molecule has 1 amide bonds. The minimum Gasteiger partial charge on any atom is -0.486 e. The van der Waals surface area contributed by atoms with E-state index in [4.69, 9.17) is 9.47 Å². The van der Waals surface area contributed by atoms with Crippen molar-refractivity contribution in [2.24, 2.45) is 0 Å². The number of aryl methyl sites for hydroxylation is 1. The first-order valence-electron chi connectivity index (χ1n) is 10.7. The highest BCUT2D eigenvalue weighted by Crippen LogP contribution is 2.30. The van der Waals surface area contributed by atoms with Gasteiger partial charge in [0.15, 0.2) is 11.5 Å². The van der Waals surface area contributed by atoms with Gasteiger partial charge in [-0.05, 0) is 68.9 Å². The quantitative estimate of drug-likeness (QED) is 0.537. The molecule has 1 aliphatic heterocycles. The van der Waals surface area contributed by atoms with E-state index in [-0.39, 0.29) is 17.8 Å². The summed E-state index contributed by atoms with van der Waals surface area (Å²) in [4.78, 5) is 14.3. The molecular weight excluding hydrogens is 411 g/mol. The monoisotopic (exact) mass is 438 g/mol. The van der Waals surface area contributed by atoms with Crippen LogP contribution in [-0.2, 0) is 11.2 Å². The van der Waals surface area contributed by atoms with Gasteiger partial charge < -0.3 is 14.8 Å². The number of nitrogens with one attached hydrogen (secondary N) is 2. The van der Waals surface area contributed by atoms with E-state index in [1.54, 1.807) is 12.1 Å². The van der Waals surface area contributed by atoms with Gasteiger partial charge in [-0.2, -0.15) is 5.10 Å². The second-order valence-electron chi connectivity index (χ2n) is 7.93. The Morgan fingerprint density at radius 1 is 1.22 bits per heavy atom. The molecule has 3 aromatic rings. The Bertz CT molecular complexity index is 1040. The normalized spacial score (nSPS) is 15.0. The lowest BCUT2D eigenvalue weighted by atomic mass is 10.1. The van der Waals surface area contributed by atoms with Crippen LogP contribution in [0.3, 0.4) is 0 Å². The van der Waals surface area contributed by atoms with Crippen molar-refractivity contribution in [3.63, 3.8) is 0 Å². The molecule has 0 spiro atoms. The summed E-state index contributed by atoms with van der Waals surface area (Å²) in [6, 6.07) is 15.8. The van der Waals surface area contributed by atoms with E-state index in [1.165, 1.54) is 12.1 Å². The van der Waals surface area contributed by atoms with Gasteiger partial charge >= 0.3 is 0 Å². The Balaban J connectivity index is 1.14. The van der Waals surface area contributed by atoms with Crippen LogP contribution in [0.5, 0.6) is 11.5 Å². The summed E-state index contributed by atoms with van der Waals surface area (Å²) in [6.45, 7) is 1.90. The fourth-order valence-corrected chi connectivity index (χ4v) is 3.57. The van der Waals surface area contributed by atoms with Crippen LogP contribution in [0.2, 0.25) is 0 Å². The van der Waals surface area contributed by atoms with Crippen molar-refractivity contribution >= 4 is 5.91 Å². The van der Waals surface area contributed by atoms with Gasteiger partial charge in [0.25, 0.3) is 0 Å². The molecule has 0 fully saturated rings. The molecule has 0 bridgehead atoms. The number of H-pyrrole nitrogens is 1. The maximum absolute atomic E-state index is 13.1. The van der Waals surface area contributed by atoms with Crippen molar-refractivity contribution in [1.82, 2.24) is 20.4 Å². The minimum absolute atomic E-state index is 0.0462. The maximum atomic E-state index is 13.1. The third kappa shape index (κ3) is 5.85. The maximum Gasteiger partial charge on any atom is 0.234 e. The molecule has 1 atom stereocenters. The molecule has 0 saturated heterocycles. The van der Waals surface area contributed by atoms with Crippen molar-refractivity contribution in [2.45, 2.75) is 18.9 Å². The largest absolute Gasteiger partial charge is 0.486 e. The van der Waals surface area contributed by atoms with Crippen molar-refractivity contribution in [2.75, 3.05) is 33.3 Å². The number of aromatic nitrogens is 2. The summed E-state index contributed by atoms with van der Waals surface area (Å²) in [6.07, 6.45) is 1.49. The molecule has 2 aromatic carbocycles. The van der Waals surface area contributed by atoms with Crippen molar-refractivity contribution in [1.29, 1.82) is 0 Å². The second-order valence-corrected chi connectivity index (χ2v) is 7.93. The molecule has 2 heterocycles. The minimum atomic E-state index is -0.262. The summed E-state index contributed by atoms with van der Waals surface area (Å²) >= 11 is 0. The summed E-state index contributed by atoms with van der Waals surface area (Å²) < 4.78 is 24.6. The second kappa shape index (κ2) is 10.3. The Hall–Kier alpha value is -3.39. The number of para-hydroxylation sites is 2. The molecule has 0 saturated carbocycles. The molecule has 1 aliphatic rings. The molecule has 1 aromatic heterocycles. The number of hydrogen-bond acceptors (Lipinski definition) is 5. The van der Waals surface area contributed by atoms with E-state index in [0.29, 0.717) is 25.4 Å². The molecule has 4 rings (SSSR count). The van der Waals surface area contributed by atoms with Gasteiger partial charge in [0.05, 0.1) is 18.8 Å². The Morgan fingerprint density at radius 3 is 2.81 bits per heavy atom. The van der Waals surface area contributed by atoms with E-state index in [9.17, 15) is 9.18 Å². The number of amides is 1. The van der Waals surface area contributed by atoms with E-state index < -0.39 is 0 Å². The molecule has 0 aliphatic carbocycles. The summed E-state index contributed by atoms with van der Waals surface area (Å²) in [5.74, 6) is 1.13. The average Bonchev–Trinajstić information content (AvgIpc) is 3.27. The number of rotatable bonds is 9. The van der Waals surface area contributed by atoms with E-state index in [0.717, 1.165) is 42.1 Å². The zero-order valence-corrected chi connectivity index (χ0v) is 18.0. The summed E-state index contributed by atoms with van der Waals surface area (Å²) in [5, 5.41) is 10.2. The number of fused-ring (bicyclic) bond motifs is 1. The number of halogens is 1. The standard InChI is InChI=1S/C24H27FN4O3/c1-29(12-4-5-19-13-21(28-27-19)17-8-10-18(25)11-9-17)15-24(30)26-14-20-16-31-22-6-2-3-7-23(22)32-20/h2-3,6-11,13,20H,4-5,12,14-16H2,1H3,(H,26,30)(H,27,28). The highest BCUT2D eigenvalue weighted by Gasteiger charge is 2.21. The number of ether oxygens (including phenoxy) is 2. The fraction of sp³-hybridized carbons (Fsp3) is 0.333. The van der Waals surface area contributed by atoms with Gasteiger partial charge in [-0.3, -0.25) is 14.8 Å². The van der Waals surface area contributed by atoms with Crippen LogP contribution in [0.1, 0.15) is 12.1 Å². The zero-order chi connectivity index (χ0) is 22.3. The van der Waals surface area contributed by atoms with Gasteiger partial charge in [0.2, 0.25) is 5.91 Å². The van der Waals surface area contributed by atoms with Gasteiger partial charge in [-0.25, -0.2) is 4.39 Å². The predicted octanol–water partition coefficient (Wildman–Crippen LogP) is 3.04. The van der Waals surface area contributed by atoms with Crippen molar-refractivity contribution in [3.8, 4) is 22.8 Å². The van der Waals surface area contributed by atoms with Crippen molar-refractivity contribution < 1.29 is 18.7 Å². The summed E-state index contributed by atoms with van der Waals surface area (Å²) in [7, 11) is 1.92. The molecule has 32 heavy (non-hydrogen) atoms. The van der Waals surface area contributed by atoms with Gasteiger partial charge in [-0.1, -0.05) is 12.1 Å². The lowest BCUT2D eigenvalue weighted by molar-refractivity contribution is -0.122. The van der Waals surface area contributed by atoms with Crippen LogP contribution in [0.25, 0.3) is 11.3 Å². The van der Waals surface area contributed by atoms with Gasteiger partial charge in [-0.15, -0.1) is 0 Å². The number of carbonyl (C=O) groups excluding carboxylic acids is 1. The van der Waals surface area contributed by atoms with Gasteiger partial charge in [0.1, 0.15) is 18.5 Å². The smallest absolute Gasteiger partial charge is 0.234 e. The number of benzene rings is 2. The molecule has 168 valence electrons. The van der Waals surface area contributed by atoms with E-state index in [2.05, 4.69) is 15.5 Å². The zero-order valence-electron chi connectivity index (χ0n) is 18.0. The SMILES string of the molecule is CN(CCCc1cc(-c2ccc(F)cc2)n[nH]1)CC(=O)NCC1COc2ccccc2O1. The molecule has 2 N–H and O–H groups in total.